The third-order valence-electron chi connectivity index (χ3n) is 4.69. The van der Waals surface area contributed by atoms with Crippen molar-refractivity contribution >= 4 is 11.9 Å². The maximum atomic E-state index is 12.7. The molecule has 0 saturated carbocycles. The Morgan fingerprint density at radius 1 is 1.23 bits per heavy atom. The predicted molar refractivity (Wildman–Crippen MR) is 88.7 cm³/mol. The first-order valence-electron chi connectivity index (χ1n) is 8.39. The fraction of sp³-hybridized carbons (Fsp3) is 0.412. The van der Waals surface area contributed by atoms with E-state index in [1.54, 1.807) is 23.7 Å². The molecule has 136 valence electrons. The van der Waals surface area contributed by atoms with E-state index in [1.807, 2.05) is 6.07 Å². The van der Waals surface area contributed by atoms with Gasteiger partial charge >= 0.3 is 5.97 Å². The van der Waals surface area contributed by atoms with Gasteiger partial charge in [-0.25, -0.2) is 4.68 Å². The fourth-order valence-electron chi connectivity index (χ4n) is 3.23. The smallest absolute Gasteiger partial charge is 0.308 e. The molecule has 0 radical (unpaired) electrons. The molecule has 9 nitrogen and oxygen atoms in total. The number of carboxylic acids is 1. The third-order valence-corrected chi connectivity index (χ3v) is 4.69. The number of amides is 1. The summed E-state index contributed by atoms with van der Waals surface area (Å²) in [7, 11) is 0. The van der Waals surface area contributed by atoms with Gasteiger partial charge in [0.05, 0.1) is 17.3 Å². The molecule has 1 unspecified atom stereocenters. The molecule has 1 aromatic carbocycles. The maximum absolute atomic E-state index is 12.7. The van der Waals surface area contributed by atoms with Crippen LogP contribution >= 0.6 is 0 Å². The Kier molecular flexibility index (Phi) is 3.98. The summed E-state index contributed by atoms with van der Waals surface area (Å²) in [4.78, 5) is 25.3. The summed E-state index contributed by atoms with van der Waals surface area (Å²) in [5, 5.41) is 17.2. The molecule has 2 aromatic rings. The van der Waals surface area contributed by atoms with Crippen molar-refractivity contribution in [1.29, 1.82) is 0 Å². The van der Waals surface area contributed by atoms with E-state index in [0.29, 0.717) is 49.1 Å². The summed E-state index contributed by atoms with van der Waals surface area (Å²) in [6.45, 7) is 3.36. The van der Waals surface area contributed by atoms with Gasteiger partial charge in [0.2, 0.25) is 0 Å². The summed E-state index contributed by atoms with van der Waals surface area (Å²) in [5.41, 5.74) is 1.53. The van der Waals surface area contributed by atoms with Gasteiger partial charge in [-0.15, -0.1) is 5.10 Å². The molecule has 26 heavy (non-hydrogen) atoms. The second kappa shape index (κ2) is 6.32. The van der Waals surface area contributed by atoms with Crippen LogP contribution in [-0.4, -0.2) is 63.2 Å². The van der Waals surface area contributed by atoms with Gasteiger partial charge in [0.15, 0.2) is 17.2 Å². The first-order valence-corrected chi connectivity index (χ1v) is 8.39. The van der Waals surface area contributed by atoms with Gasteiger partial charge in [0, 0.05) is 19.2 Å². The molecular formula is C17H18N4O5. The van der Waals surface area contributed by atoms with Crippen molar-refractivity contribution in [2.75, 3.05) is 26.3 Å². The monoisotopic (exact) mass is 358 g/mol. The Labute approximate surface area is 149 Å². The minimum absolute atomic E-state index is 0.199. The van der Waals surface area contributed by atoms with Gasteiger partial charge in [0.1, 0.15) is 13.2 Å². The number of hydrogen-bond acceptors (Lipinski definition) is 6. The van der Waals surface area contributed by atoms with Crippen LogP contribution in [0.5, 0.6) is 11.5 Å². The van der Waals surface area contributed by atoms with Gasteiger partial charge in [-0.3, -0.25) is 9.59 Å². The molecule has 0 spiro atoms. The molecule has 2 aliphatic rings. The van der Waals surface area contributed by atoms with Crippen LogP contribution in [0.2, 0.25) is 0 Å². The van der Waals surface area contributed by atoms with Crippen LogP contribution in [0.25, 0.3) is 5.69 Å². The lowest BCUT2D eigenvalue weighted by molar-refractivity contribution is -0.141. The topological polar surface area (TPSA) is 107 Å². The highest BCUT2D eigenvalue weighted by molar-refractivity contribution is 5.94. The molecule has 1 atom stereocenters. The standard InChI is InChI=1S/C17H18N4O5/c1-10-15(16(22)20-5-4-11(9-20)17(23)24)18-19-21(10)12-2-3-13-14(8-12)26-7-6-25-13/h2-3,8,11H,4-7,9H2,1H3,(H,23,24). The number of fused-ring (bicyclic) bond motifs is 1. The zero-order chi connectivity index (χ0) is 18.3. The number of benzene rings is 1. The van der Waals surface area contributed by atoms with E-state index in [4.69, 9.17) is 14.6 Å². The van der Waals surface area contributed by atoms with Gasteiger partial charge in [-0.05, 0) is 25.5 Å². The van der Waals surface area contributed by atoms with Crippen molar-refractivity contribution in [3.63, 3.8) is 0 Å². The first kappa shape index (κ1) is 16.4. The number of rotatable bonds is 3. The van der Waals surface area contributed by atoms with Crippen LogP contribution in [0.15, 0.2) is 18.2 Å². The number of nitrogens with zero attached hydrogens (tertiary/aromatic N) is 4. The fourth-order valence-corrected chi connectivity index (χ4v) is 3.23. The van der Waals surface area contributed by atoms with Gasteiger partial charge in [0.25, 0.3) is 5.91 Å². The van der Waals surface area contributed by atoms with Crippen LogP contribution < -0.4 is 9.47 Å². The lowest BCUT2D eigenvalue weighted by Gasteiger charge is -2.19. The molecule has 0 aliphatic carbocycles. The Balaban J connectivity index is 1.59. The summed E-state index contributed by atoms with van der Waals surface area (Å²) in [5.74, 6) is -0.398. The minimum Gasteiger partial charge on any atom is -0.486 e. The lowest BCUT2D eigenvalue weighted by Crippen LogP contribution is -2.30. The second-order valence-corrected chi connectivity index (χ2v) is 6.34. The molecular weight excluding hydrogens is 340 g/mol. The summed E-state index contributed by atoms with van der Waals surface area (Å²) < 4.78 is 12.6. The Hall–Kier alpha value is -3.10. The molecule has 2 aliphatic heterocycles. The van der Waals surface area contributed by atoms with Crippen molar-refractivity contribution < 1.29 is 24.2 Å². The minimum atomic E-state index is -0.878. The molecule has 0 bridgehead atoms. The molecule has 3 heterocycles. The number of carbonyl (C=O) groups is 2. The van der Waals surface area contributed by atoms with Gasteiger partial charge in [-0.1, -0.05) is 5.21 Å². The van der Waals surface area contributed by atoms with Crippen molar-refractivity contribution in [2.45, 2.75) is 13.3 Å². The average Bonchev–Trinajstić information content (AvgIpc) is 3.28. The highest BCUT2D eigenvalue weighted by atomic mass is 16.6. The number of likely N-dealkylation sites (tertiary alicyclic amines) is 1. The molecule has 4 rings (SSSR count). The van der Waals surface area contributed by atoms with E-state index in [-0.39, 0.29) is 18.1 Å². The number of aromatic nitrogens is 3. The second-order valence-electron chi connectivity index (χ2n) is 6.34. The van der Waals surface area contributed by atoms with E-state index in [1.165, 1.54) is 4.90 Å². The van der Waals surface area contributed by atoms with Crippen LogP contribution in [0, 0.1) is 12.8 Å². The number of carbonyl (C=O) groups excluding carboxylic acids is 1. The van der Waals surface area contributed by atoms with Crippen molar-refractivity contribution in [2.24, 2.45) is 5.92 Å². The Morgan fingerprint density at radius 2 is 2.00 bits per heavy atom. The van der Waals surface area contributed by atoms with Crippen molar-refractivity contribution in [3.8, 4) is 17.2 Å². The highest BCUT2D eigenvalue weighted by Gasteiger charge is 2.33. The average molecular weight is 358 g/mol. The summed E-state index contributed by atoms with van der Waals surface area (Å²) in [6, 6.07) is 5.41. The zero-order valence-electron chi connectivity index (χ0n) is 14.2. The summed E-state index contributed by atoms with van der Waals surface area (Å²) in [6.07, 6.45) is 0.455. The number of hydrogen-bond donors (Lipinski definition) is 1. The van der Waals surface area contributed by atoms with Crippen LogP contribution in [0.1, 0.15) is 22.6 Å². The molecule has 1 aromatic heterocycles. The van der Waals surface area contributed by atoms with Crippen LogP contribution in [0.4, 0.5) is 0 Å². The normalized spacial score (nSPS) is 18.8. The molecule has 1 N–H and O–H groups in total. The largest absolute Gasteiger partial charge is 0.486 e. The highest BCUT2D eigenvalue weighted by Crippen LogP contribution is 2.32. The lowest BCUT2D eigenvalue weighted by atomic mass is 10.1. The maximum Gasteiger partial charge on any atom is 0.308 e. The SMILES string of the molecule is Cc1c(C(=O)N2CCC(C(=O)O)C2)nnn1-c1ccc2c(c1)OCCO2. The van der Waals surface area contributed by atoms with Gasteiger partial charge < -0.3 is 19.5 Å². The van der Waals surface area contributed by atoms with E-state index < -0.39 is 11.9 Å². The van der Waals surface area contributed by atoms with E-state index in [2.05, 4.69) is 10.3 Å². The van der Waals surface area contributed by atoms with Crippen molar-refractivity contribution in [1.82, 2.24) is 19.9 Å². The van der Waals surface area contributed by atoms with Gasteiger partial charge in [-0.2, -0.15) is 0 Å². The predicted octanol–water partition coefficient (Wildman–Crippen LogP) is 0.894. The molecule has 1 fully saturated rings. The first-order chi connectivity index (χ1) is 12.5. The molecule has 1 amide bonds. The Bertz CT molecular complexity index is 878. The number of ether oxygens (including phenoxy) is 2. The van der Waals surface area contributed by atoms with E-state index in [9.17, 15) is 9.59 Å². The zero-order valence-corrected chi connectivity index (χ0v) is 14.2. The van der Waals surface area contributed by atoms with E-state index in [0.717, 1.165) is 0 Å². The quantitative estimate of drug-likeness (QED) is 0.868. The number of carboxylic acid groups (broad SMARTS) is 1. The number of aliphatic carboxylic acids is 1. The van der Waals surface area contributed by atoms with E-state index >= 15 is 0 Å². The van der Waals surface area contributed by atoms with Crippen molar-refractivity contribution in [3.05, 3.63) is 29.6 Å². The third kappa shape index (κ3) is 2.75. The Morgan fingerprint density at radius 3 is 2.73 bits per heavy atom. The van der Waals surface area contributed by atoms with Crippen LogP contribution in [0.3, 0.4) is 0 Å². The molecule has 1 saturated heterocycles. The summed E-state index contributed by atoms with van der Waals surface area (Å²) >= 11 is 0. The molecule has 9 heteroatoms. The van der Waals surface area contributed by atoms with Crippen LogP contribution in [-0.2, 0) is 4.79 Å².